The topological polar surface area (TPSA) is 83.4 Å². The normalized spacial score (nSPS) is 22.2. The van der Waals surface area contributed by atoms with Gasteiger partial charge in [-0.15, -0.1) is 0 Å². The number of carbonyl (C=O) groups excluding carboxylic acids is 2. The molecule has 0 bridgehead atoms. The summed E-state index contributed by atoms with van der Waals surface area (Å²) in [7, 11) is 0. The molecule has 0 unspecified atom stereocenters. The molecule has 1 saturated heterocycles. The van der Waals surface area contributed by atoms with Gasteiger partial charge < -0.3 is 20.4 Å². The third kappa shape index (κ3) is 4.09. The minimum Gasteiger partial charge on any atom is -0.459 e. The summed E-state index contributed by atoms with van der Waals surface area (Å²) in [5.41, 5.74) is 0. The van der Waals surface area contributed by atoms with Gasteiger partial charge in [0.25, 0.3) is 5.91 Å². The van der Waals surface area contributed by atoms with Gasteiger partial charge in [0.2, 0.25) is 5.91 Å². The molecular formula is C14H21N3O3. The molecule has 1 aliphatic heterocycles. The molecule has 20 heavy (non-hydrogen) atoms. The van der Waals surface area contributed by atoms with E-state index in [-0.39, 0.29) is 23.5 Å². The third-order valence-electron chi connectivity index (χ3n) is 3.45. The molecule has 1 aromatic heterocycles. The second kappa shape index (κ2) is 7.09. The van der Waals surface area contributed by atoms with Crippen LogP contribution in [0.3, 0.4) is 0 Å². The second-order valence-electron chi connectivity index (χ2n) is 5.10. The summed E-state index contributed by atoms with van der Waals surface area (Å²) in [4.78, 5) is 23.5. The van der Waals surface area contributed by atoms with Crippen molar-refractivity contribution in [3.8, 4) is 0 Å². The van der Waals surface area contributed by atoms with E-state index >= 15 is 0 Å². The van der Waals surface area contributed by atoms with Gasteiger partial charge in [-0.05, 0) is 38.4 Å². The predicted octanol–water partition coefficient (Wildman–Crippen LogP) is 0.514. The highest BCUT2D eigenvalue weighted by molar-refractivity contribution is 5.91. The average Bonchev–Trinajstić information content (AvgIpc) is 2.97. The van der Waals surface area contributed by atoms with E-state index in [0.29, 0.717) is 19.1 Å². The first-order valence-electron chi connectivity index (χ1n) is 6.99. The molecule has 3 N–H and O–H groups in total. The zero-order chi connectivity index (χ0) is 14.4. The molecule has 0 saturated carbocycles. The van der Waals surface area contributed by atoms with Crippen molar-refractivity contribution < 1.29 is 14.0 Å². The van der Waals surface area contributed by atoms with E-state index in [1.165, 1.54) is 6.26 Å². The Kier molecular flexibility index (Phi) is 5.17. The molecule has 1 aliphatic rings. The quantitative estimate of drug-likeness (QED) is 0.686. The Bertz CT molecular complexity index is 445. The van der Waals surface area contributed by atoms with Crippen LogP contribution in [-0.4, -0.2) is 37.5 Å². The van der Waals surface area contributed by atoms with E-state index in [2.05, 4.69) is 22.9 Å². The van der Waals surface area contributed by atoms with Crippen LogP contribution in [0, 0.1) is 5.92 Å². The Morgan fingerprint density at radius 3 is 2.90 bits per heavy atom. The first-order chi connectivity index (χ1) is 9.66. The fourth-order valence-electron chi connectivity index (χ4n) is 2.37. The van der Waals surface area contributed by atoms with E-state index in [1.54, 1.807) is 12.1 Å². The van der Waals surface area contributed by atoms with Crippen LogP contribution in [0.2, 0.25) is 0 Å². The monoisotopic (exact) mass is 279 g/mol. The molecule has 2 rings (SSSR count). The highest BCUT2D eigenvalue weighted by Crippen LogP contribution is 2.15. The fourth-order valence-corrected chi connectivity index (χ4v) is 2.37. The maximum absolute atomic E-state index is 11.9. The summed E-state index contributed by atoms with van der Waals surface area (Å²) in [5.74, 6) is 0.167. The Morgan fingerprint density at radius 1 is 1.40 bits per heavy atom. The summed E-state index contributed by atoms with van der Waals surface area (Å²) in [6.07, 6.45) is 3.19. The minimum atomic E-state index is -0.264. The van der Waals surface area contributed by atoms with Crippen LogP contribution in [0.25, 0.3) is 0 Å². The molecule has 0 radical (unpaired) electrons. The van der Waals surface area contributed by atoms with Gasteiger partial charge >= 0.3 is 0 Å². The number of rotatable bonds is 5. The predicted molar refractivity (Wildman–Crippen MR) is 74.2 cm³/mol. The lowest BCUT2D eigenvalue weighted by molar-refractivity contribution is -0.126. The number of hydrogen-bond acceptors (Lipinski definition) is 4. The summed E-state index contributed by atoms with van der Waals surface area (Å²) in [5, 5.41) is 8.87. The zero-order valence-electron chi connectivity index (χ0n) is 11.6. The number of carbonyl (C=O) groups is 2. The largest absolute Gasteiger partial charge is 0.459 e. The summed E-state index contributed by atoms with van der Waals surface area (Å²) < 4.78 is 4.97. The van der Waals surface area contributed by atoms with Gasteiger partial charge in [0, 0.05) is 25.0 Å². The van der Waals surface area contributed by atoms with E-state index in [1.807, 2.05) is 0 Å². The number of furan rings is 1. The van der Waals surface area contributed by atoms with Crippen molar-refractivity contribution in [2.24, 2.45) is 5.92 Å². The molecule has 2 heterocycles. The van der Waals surface area contributed by atoms with Crippen LogP contribution in [0.5, 0.6) is 0 Å². The molecular weight excluding hydrogens is 258 g/mol. The first kappa shape index (κ1) is 14.6. The van der Waals surface area contributed by atoms with Crippen LogP contribution in [0.15, 0.2) is 22.8 Å². The average molecular weight is 279 g/mol. The molecule has 2 amide bonds. The summed E-state index contributed by atoms with van der Waals surface area (Å²) in [6.45, 7) is 3.80. The summed E-state index contributed by atoms with van der Waals surface area (Å²) >= 11 is 0. The highest BCUT2D eigenvalue weighted by atomic mass is 16.3. The Balaban J connectivity index is 1.63. The van der Waals surface area contributed by atoms with Gasteiger partial charge in [0.05, 0.1) is 6.26 Å². The van der Waals surface area contributed by atoms with Crippen LogP contribution in [0.4, 0.5) is 0 Å². The summed E-state index contributed by atoms with van der Waals surface area (Å²) in [6, 6.07) is 3.65. The molecule has 6 nitrogen and oxygen atoms in total. The molecule has 1 fully saturated rings. The maximum Gasteiger partial charge on any atom is 0.287 e. The Hall–Kier alpha value is -1.82. The number of hydrogen-bond donors (Lipinski definition) is 3. The van der Waals surface area contributed by atoms with E-state index in [0.717, 1.165) is 19.4 Å². The van der Waals surface area contributed by atoms with Gasteiger partial charge in [0.15, 0.2) is 5.76 Å². The van der Waals surface area contributed by atoms with Crippen LogP contribution >= 0.6 is 0 Å². The van der Waals surface area contributed by atoms with Crippen molar-refractivity contribution in [1.29, 1.82) is 0 Å². The van der Waals surface area contributed by atoms with Gasteiger partial charge in [-0.3, -0.25) is 9.59 Å². The standard InChI is InChI=1S/C14H21N3O3/c1-10-9-11(4-5-15-10)13(18)16-6-7-17-14(19)12-3-2-8-20-12/h2-3,8,10-11,15H,4-7,9H2,1H3,(H,16,18)(H,17,19)/t10-,11-/m0/s1. The van der Waals surface area contributed by atoms with Crippen LogP contribution in [0.1, 0.15) is 30.3 Å². The third-order valence-corrected chi connectivity index (χ3v) is 3.45. The highest BCUT2D eigenvalue weighted by Gasteiger charge is 2.24. The van der Waals surface area contributed by atoms with E-state index in [4.69, 9.17) is 4.42 Å². The van der Waals surface area contributed by atoms with Crippen LogP contribution in [-0.2, 0) is 4.79 Å². The first-order valence-corrected chi connectivity index (χ1v) is 6.99. The number of nitrogens with one attached hydrogen (secondary N) is 3. The fraction of sp³-hybridized carbons (Fsp3) is 0.571. The Morgan fingerprint density at radius 2 is 2.20 bits per heavy atom. The van der Waals surface area contributed by atoms with Crippen molar-refractivity contribution >= 4 is 11.8 Å². The van der Waals surface area contributed by atoms with Gasteiger partial charge in [0.1, 0.15) is 0 Å². The zero-order valence-corrected chi connectivity index (χ0v) is 11.6. The molecule has 0 spiro atoms. The second-order valence-corrected chi connectivity index (χ2v) is 5.10. The Labute approximate surface area is 118 Å². The van der Waals surface area contributed by atoms with E-state index < -0.39 is 0 Å². The molecule has 6 heteroatoms. The smallest absolute Gasteiger partial charge is 0.287 e. The van der Waals surface area contributed by atoms with Crippen molar-refractivity contribution in [2.75, 3.05) is 19.6 Å². The molecule has 0 aromatic carbocycles. The number of piperidine rings is 1. The van der Waals surface area contributed by atoms with Gasteiger partial charge in [-0.25, -0.2) is 0 Å². The maximum atomic E-state index is 11.9. The SMILES string of the molecule is C[C@H]1C[C@@H](C(=O)NCCNC(=O)c2ccco2)CCN1. The molecule has 0 aliphatic carbocycles. The van der Waals surface area contributed by atoms with E-state index in [9.17, 15) is 9.59 Å². The molecule has 1 aromatic rings. The van der Waals surface area contributed by atoms with Crippen molar-refractivity contribution in [3.05, 3.63) is 24.2 Å². The molecule has 110 valence electrons. The van der Waals surface area contributed by atoms with Crippen molar-refractivity contribution in [1.82, 2.24) is 16.0 Å². The lowest BCUT2D eigenvalue weighted by atomic mass is 9.92. The lowest BCUT2D eigenvalue weighted by Crippen LogP contribution is -2.44. The minimum absolute atomic E-state index is 0.0746. The molecule has 2 atom stereocenters. The van der Waals surface area contributed by atoms with Crippen molar-refractivity contribution in [2.45, 2.75) is 25.8 Å². The lowest BCUT2D eigenvalue weighted by Gasteiger charge is -2.27. The number of amides is 2. The van der Waals surface area contributed by atoms with Gasteiger partial charge in [-0.2, -0.15) is 0 Å². The van der Waals surface area contributed by atoms with Crippen LogP contribution < -0.4 is 16.0 Å². The van der Waals surface area contributed by atoms with Gasteiger partial charge in [-0.1, -0.05) is 0 Å². The van der Waals surface area contributed by atoms with Crippen molar-refractivity contribution in [3.63, 3.8) is 0 Å².